The number of benzene rings is 2. The van der Waals surface area contributed by atoms with E-state index in [1.807, 2.05) is 0 Å². The van der Waals surface area contributed by atoms with Crippen molar-refractivity contribution < 1.29 is 28.6 Å². The van der Waals surface area contributed by atoms with Gasteiger partial charge in [-0.05, 0) is 44.2 Å². The highest BCUT2D eigenvalue weighted by atomic mass is 16.6. The standard InChI is InChI=1S/C20H19NO6/c1-12(22)14-4-3-5-16(10-14)21-19(23)13(2)27-20(24)15-6-7-17-18(11-15)26-9-8-25-17/h3-7,10-11,13H,8-9H2,1-2H3,(H,21,23). The molecule has 0 saturated heterocycles. The molecular weight excluding hydrogens is 350 g/mol. The molecule has 1 heterocycles. The maximum absolute atomic E-state index is 12.3. The molecule has 27 heavy (non-hydrogen) atoms. The fraction of sp³-hybridized carbons (Fsp3) is 0.250. The highest BCUT2D eigenvalue weighted by Gasteiger charge is 2.21. The highest BCUT2D eigenvalue weighted by molar-refractivity contribution is 5.99. The first-order valence-electron chi connectivity index (χ1n) is 8.46. The molecule has 1 atom stereocenters. The molecule has 1 unspecified atom stereocenters. The Hall–Kier alpha value is -3.35. The van der Waals surface area contributed by atoms with Crippen LogP contribution in [0.3, 0.4) is 0 Å². The van der Waals surface area contributed by atoms with Crippen LogP contribution in [-0.2, 0) is 9.53 Å². The van der Waals surface area contributed by atoms with E-state index in [-0.39, 0.29) is 11.3 Å². The van der Waals surface area contributed by atoms with Crippen LogP contribution in [0.1, 0.15) is 34.6 Å². The van der Waals surface area contributed by atoms with Crippen molar-refractivity contribution in [3.63, 3.8) is 0 Å². The van der Waals surface area contributed by atoms with Gasteiger partial charge in [0.1, 0.15) is 13.2 Å². The maximum Gasteiger partial charge on any atom is 0.339 e. The minimum Gasteiger partial charge on any atom is -0.486 e. The van der Waals surface area contributed by atoms with Gasteiger partial charge in [0.05, 0.1) is 5.56 Å². The van der Waals surface area contributed by atoms with Crippen LogP contribution in [0.15, 0.2) is 42.5 Å². The molecule has 1 aliphatic heterocycles. The number of hydrogen-bond donors (Lipinski definition) is 1. The van der Waals surface area contributed by atoms with E-state index in [0.29, 0.717) is 36.0 Å². The zero-order valence-electron chi connectivity index (χ0n) is 15.0. The summed E-state index contributed by atoms with van der Waals surface area (Å²) < 4.78 is 16.1. The molecule has 0 spiro atoms. The molecule has 1 amide bonds. The fourth-order valence-corrected chi connectivity index (χ4v) is 2.51. The van der Waals surface area contributed by atoms with Gasteiger partial charge in [-0.2, -0.15) is 0 Å². The van der Waals surface area contributed by atoms with Gasteiger partial charge in [-0.25, -0.2) is 4.79 Å². The average Bonchev–Trinajstić information content (AvgIpc) is 2.67. The Labute approximate surface area is 156 Å². The summed E-state index contributed by atoms with van der Waals surface area (Å²) in [7, 11) is 0. The Bertz CT molecular complexity index is 892. The van der Waals surface area contributed by atoms with Gasteiger partial charge in [0, 0.05) is 11.3 Å². The summed E-state index contributed by atoms with van der Waals surface area (Å²) in [6.07, 6.45) is -1.02. The Morgan fingerprint density at radius 3 is 2.48 bits per heavy atom. The second-order valence-corrected chi connectivity index (χ2v) is 6.03. The molecule has 2 aromatic carbocycles. The maximum atomic E-state index is 12.3. The predicted octanol–water partition coefficient (Wildman–Crippen LogP) is 2.84. The third kappa shape index (κ3) is 4.44. The quantitative estimate of drug-likeness (QED) is 0.644. The topological polar surface area (TPSA) is 90.9 Å². The molecule has 140 valence electrons. The molecule has 3 rings (SSSR count). The summed E-state index contributed by atoms with van der Waals surface area (Å²) in [6, 6.07) is 11.2. The van der Waals surface area contributed by atoms with E-state index < -0.39 is 18.0 Å². The summed E-state index contributed by atoms with van der Waals surface area (Å²) in [4.78, 5) is 36.0. The molecule has 7 heteroatoms. The fourth-order valence-electron chi connectivity index (χ4n) is 2.51. The van der Waals surface area contributed by atoms with E-state index in [2.05, 4.69) is 5.32 Å². The third-order valence-electron chi connectivity index (χ3n) is 3.97. The Morgan fingerprint density at radius 2 is 1.74 bits per heavy atom. The Kier molecular flexibility index (Phi) is 5.40. The molecule has 2 aromatic rings. The van der Waals surface area contributed by atoms with Crippen molar-refractivity contribution in [2.24, 2.45) is 0 Å². The van der Waals surface area contributed by atoms with Gasteiger partial charge in [0.15, 0.2) is 23.4 Å². The minimum absolute atomic E-state index is 0.107. The molecule has 1 N–H and O–H groups in total. The van der Waals surface area contributed by atoms with E-state index in [4.69, 9.17) is 14.2 Å². The summed E-state index contributed by atoms with van der Waals surface area (Å²) in [5, 5.41) is 2.63. The van der Waals surface area contributed by atoms with Crippen molar-refractivity contribution in [2.75, 3.05) is 18.5 Å². The number of carbonyl (C=O) groups excluding carboxylic acids is 3. The first-order chi connectivity index (χ1) is 12.9. The zero-order chi connectivity index (χ0) is 19.4. The zero-order valence-corrected chi connectivity index (χ0v) is 15.0. The number of ether oxygens (including phenoxy) is 3. The third-order valence-corrected chi connectivity index (χ3v) is 3.97. The van der Waals surface area contributed by atoms with Crippen LogP contribution >= 0.6 is 0 Å². The van der Waals surface area contributed by atoms with E-state index in [1.54, 1.807) is 36.4 Å². The van der Waals surface area contributed by atoms with Crippen LogP contribution in [0, 0.1) is 0 Å². The molecular formula is C20H19NO6. The number of ketones is 1. The highest BCUT2D eigenvalue weighted by Crippen LogP contribution is 2.31. The van der Waals surface area contributed by atoms with Gasteiger partial charge < -0.3 is 19.5 Å². The molecule has 0 aliphatic carbocycles. The number of Topliss-reactive ketones (excluding diaryl/α,β-unsaturated/α-hetero) is 1. The van der Waals surface area contributed by atoms with E-state index >= 15 is 0 Å². The van der Waals surface area contributed by atoms with Crippen molar-refractivity contribution >= 4 is 23.3 Å². The van der Waals surface area contributed by atoms with Crippen LogP contribution in [-0.4, -0.2) is 37.0 Å². The Morgan fingerprint density at radius 1 is 1.00 bits per heavy atom. The Balaban J connectivity index is 1.63. The van der Waals surface area contributed by atoms with Crippen molar-refractivity contribution in [2.45, 2.75) is 20.0 Å². The van der Waals surface area contributed by atoms with Gasteiger partial charge in [-0.1, -0.05) is 12.1 Å². The largest absolute Gasteiger partial charge is 0.486 e. The molecule has 0 saturated carbocycles. The lowest BCUT2D eigenvalue weighted by Gasteiger charge is -2.19. The van der Waals surface area contributed by atoms with Crippen molar-refractivity contribution in [1.29, 1.82) is 0 Å². The van der Waals surface area contributed by atoms with Crippen LogP contribution < -0.4 is 14.8 Å². The molecule has 0 aromatic heterocycles. The number of nitrogens with one attached hydrogen (secondary N) is 1. The lowest BCUT2D eigenvalue weighted by atomic mass is 10.1. The summed E-state index contributed by atoms with van der Waals surface area (Å²) in [6.45, 7) is 3.78. The molecule has 0 bridgehead atoms. The van der Waals surface area contributed by atoms with Crippen LogP contribution in [0.2, 0.25) is 0 Å². The number of fused-ring (bicyclic) bond motifs is 1. The second kappa shape index (κ2) is 7.90. The molecule has 0 radical (unpaired) electrons. The summed E-state index contributed by atoms with van der Waals surface area (Å²) in [5.41, 5.74) is 1.20. The number of esters is 1. The monoisotopic (exact) mass is 369 g/mol. The van der Waals surface area contributed by atoms with Crippen molar-refractivity contribution in [3.8, 4) is 11.5 Å². The lowest BCUT2D eigenvalue weighted by Crippen LogP contribution is -2.30. The van der Waals surface area contributed by atoms with E-state index in [1.165, 1.54) is 19.9 Å². The van der Waals surface area contributed by atoms with Crippen molar-refractivity contribution in [3.05, 3.63) is 53.6 Å². The van der Waals surface area contributed by atoms with Gasteiger partial charge in [-0.15, -0.1) is 0 Å². The molecule has 0 fully saturated rings. The number of hydrogen-bond acceptors (Lipinski definition) is 6. The lowest BCUT2D eigenvalue weighted by molar-refractivity contribution is -0.123. The van der Waals surface area contributed by atoms with Crippen LogP contribution in [0.25, 0.3) is 0 Å². The van der Waals surface area contributed by atoms with Gasteiger partial charge in [0.2, 0.25) is 0 Å². The molecule has 1 aliphatic rings. The van der Waals surface area contributed by atoms with Gasteiger partial charge in [0.25, 0.3) is 5.91 Å². The number of amides is 1. The minimum atomic E-state index is -1.02. The van der Waals surface area contributed by atoms with Crippen LogP contribution in [0.5, 0.6) is 11.5 Å². The number of rotatable bonds is 5. The summed E-state index contributed by atoms with van der Waals surface area (Å²) >= 11 is 0. The summed E-state index contributed by atoms with van der Waals surface area (Å²) in [5.74, 6) is -0.222. The van der Waals surface area contributed by atoms with E-state index in [0.717, 1.165) is 0 Å². The van der Waals surface area contributed by atoms with Crippen LogP contribution in [0.4, 0.5) is 5.69 Å². The van der Waals surface area contributed by atoms with Crippen molar-refractivity contribution in [1.82, 2.24) is 0 Å². The normalized spacial score (nSPS) is 13.4. The first kappa shape index (κ1) is 18.4. The number of anilines is 1. The van der Waals surface area contributed by atoms with Gasteiger partial charge in [-0.3, -0.25) is 9.59 Å². The second-order valence-electron chi connectivity index (χ2n) is 6.03. The molecule has 7 nitrogen and oxygen atoms in total. The smallest absolute Gasteiger partial charge is 0.339 e. The number of carbonyl (C=O) groups is 3. The van der Waals surface area contributed by atoms with E-state index in [9.17, 15) is 14.4 Å². The predicted molar refractivity (Wildman–Crippen MR) is 97.4 cm³/mol. The average molecular weight is 369 g/mol. The SMILES string of the molecule is CC(=O)c1cccc(NC(=O)C(C)OC(=O)c2ccc3c(c2)OCCO3)c1. The van der Waals surface area contributed by atoms with Gasteiger partial charge >= 0.3 is 5.97 Å². The first-order valence-corrected chi connectivity index (χ1v) is 8.46.